The lowest BCUT2D eigenvalue weighted by Gasteiger charge is -2.29. The third-order valence-electron chi connectivity index (χ3n) is 4.43. The van der Waals surface area contributed by atoms with E-state index in [4.69, 9.17) is 0 Å². The molecule has 1 heteroatoms. The number of nitrogens with zero attached hydrogens (tertiary/aromatic N) is 1. The summed E-state index contributed by atoms with van der Waals surface area (Å²) in [5.41, 5.74) is 3.25. The van der Waals surface area contributed by atoms with E-state index < -0.39 is 0 Å². The van der Waals surface area contributed by atoms with Gasteiger partial charge in [0, 0.05) is 18.8 Å². The van der Waals surface area contributed by atoms with Crippen LogP contribution in [0.3, 0.4) is 0 Å². The van der Waals surface area contributed by atoms with Gasteiger partial charge in [0.25, 0.3) is 0 Å². The van der Waals surface area contributed by atoms with Gasteiger partial charge in [0.1, 0.15) is 0 Å². The summed E-state index contributed by atoms with van der Waals surface area (Å²) in [7, 11) is 0. The largest absolute Gasteiger partial charge is 0.375 e. The van der Waals surface area contributed by atoms with Crippen molar-refractivity contribution in [2.24, 2.45) is 5.92 Å². The van der Waals surface area contributed by atoms with Crippen LogP contribution in [0.2, 0.25) is 0 Å². The van der Waals surface area contributed by atoms with Gasteiger partial charge in [-0.3, -0.25) is 0 Å². The zero-order chi connectivity index (χ0) is 12.1. The van der Waals surface area contributed by atoms with Gasteiger partial charge in [-0.2, -0.15) is 0 Å². The van der Waals surface area contributed by atoms with Crippen LogP contribution in [-0.4, -0.2) is 18.0 Å². The number of rotatable bonds is 3. The lowest BCUT2D eigenvalue weighted by molar-refractivity contribution is 0.333. The van der Waals surface area contributed by atoms with Crippen molar-refractivity contribution in [2.45, 2.75) is 58.8 Å². The fourth-order valence-corrected chi connectivity index (χ4v) is 3.23. The van der Waals surface area contributed by atoms with Gasteiger partial charge in [0.05, 0.1) is 0 Å². The molecule has 1 heterocycles. The molecule has 1 aliphatic carbocycles. The van der Waals surface area contributed by atoms with Crippen LogP contribution in [0.4, 0.5) is 0 Å². The average Bonchev–Trinajstić information content (AvgIpc) is 2.63. The number of likely N-dealkylation sites (tertiary alicyclic amines) is 1. The molecule has 0 unspecified atom stereocenters. The van der Waals surface area contributed by atoms with E-state index >= 15 is 0 Å². The molecule has 1 saturated heterocycles. The quantitative estimate of drug-likeness (QED) is 0.693. The predicted octanol–water partition coefficient (Wildman–Crippen LogP) is 4.51. The lowest BCUT2D eigenvalue weighted by Crippen LogP contribution is -2.26. The van der Waals surface area contributed by atoms with Crippen LogP contribution in [0.15, 0.2) is 23.4 Å². The fourth-order valence-electron chi connectivity index (χ4n) is 3.23. The van der Waals surface area contributed by atoms with Crippen LogP contribution in [0.5, 0.6) is 0 Å². The molecular formula is C16H27N. The topological polar surface area (TPSA) is 3.24 Å². The van der Waals surface area contributed by atoms with E-state index in [1.807, 2.05) is 0 Å². The van der Waals surface area contributed by atoms with Gasteiger partial charge in [-0.15, -0.1) is 0 Å². The molecule has 1 aliphatic heterocycles. The maximum absolute atomic E-state index is 2.69. The normalized spacial score (nSPS) is 26.2. The minimum absolute atomic E-state index is 0.977. The average molecular weight is 233 g/mol. The first kappa shape index (κ1) is 12.7. The van der Waals surface area contributed by atoms with Crippen molar-refractivity contribution in [2.75, 3.05) is 13.1 Å². The highest BCUT2D eigenvalue weighted by Crippen LogP contribution is 2.29. The number of allylic oxidation sites excluding steroid dienone is 4. The minimum Gasteiger partial charge on any atom is -0.375 e. The molecule has 0 aromatic carbocycles. The van der Waals surface area contributed by atoms with Crippen molar-refractivity contribution in [1.82, 2.24) is 4.90 Å². The van der Waals surface area contributed by atoms with Gasteiger partial charge >= 0.3 is 0 Å². The Bertz CT molecular complexity index is 301. The monoisotopic (exact) mass is 233 g/mol. The van der Waals surface area contributed by atoms with E-state index in [9.17, 15) is 0 Å². The van der Waals surface area contributed by atoms with Gasteiger partial charge in [0.2, 0.25) is 0 Å². The Morgan fingerprint density at radius 2 is 2.12 bits per heavy atom. The minimum atomic E-state index is 0.977. The standard InChI is InChI=1S/C16H27N/c1-3-14-8-7-12-17(13-11-14)16-10-6-5-9-15(16)4-2/h5,9,14H,3-4,6-8,10-13H2,1-2H3/t14-/m0/s1. The van der Waals surface area contributed by atoms with Crippen LogP contribution < -0.4 is 0 Å². The van der Waals surface area contributed by atoms with Crippen molar-refractivity contribution in [3.05, 3.63) is 23.4 Å². The Balaban J connectivity index is 2.06. The van der Waals surface area contributed by atoms with Gasteiger partial charge in [-0.1, -0.05) is 32.4 Å². The molecule has 0 saturated carbocycles. The SMILES string of the molecule is CCC1=C(N2CCC[C@H](CC)CC2)CCC=C1. The van der Waals surface area contributed by atoms with Gasteiger partial charge in [0.15, 0.2) is 0 Å². The Hall–Kier alpha value is -0.720. The van der Waals surface area contributed by atoms with E-state index in [1.54, 1.807) is 11.3 Å². The van der Waals surface area contributed by atoms with E-state index in [0.29, 0.717) is 0 Å². The van der Waals surface area contributed by atoms with Gasteiger partial charge in [-0.25, -0.2) is 0 Å². The van der Waals surface area contributed by atoms with E-state index in [2.05, 4.69) is 30.9 Å². The van der Waals surface area contributed by atoms with Gasteiger partial charge < -0.3 is 4.90 Å². The van der Waals surface area contributed by atoms with Crippen molar-refractivity contribution < 1.29 is 0 Å². The van der Waals surface area contributed by atoms with E-state index in [-0.39, 0.29) is 0 Å². The first-order valence-electron chi connectivity index (χ1n) is 7.48. The maximum Gasteiger partial charge on any atom is 0.0177 e. The molecule has 17 heavy (non-hydrogen) atoms. The van der Waals surface area contributed by atoms with Crippen molar-refractivity contribution in [3.8, 4) is 0 Å². The first-order valence-corrected chi connectivity index (χ1v) is 7.48. The fraction of sp³-hybridized carbons (Fsp3) is 0.750. The molecule has 96 valence electrons. The van der Waals surface area contributed by atoms with Crippen molar-refractivity contribution in [3.63, 3.8) is 0 Å². The third-order valence-corrected chi connectivity index (χ3v) is 4.43. The number of hydrogen-bond donors (Lipinski definition) is 0. The summed E-state index contributed by atoms with van der Waals surface area (Å²) < 4.78 is 0. The van der Waals surface area contributed by atoms with Crippen LogP contribution in [0.1, 0.15) is 58.8 Å². The number of hydrogen-bond acceptors (Lipinski definition) is 1. The molecule has 0 amide bonds. The molecule has 1 atom stereocenters. The Labute approximate surface area is 107 Å². The lowest BCUT2D eigenvalue weighted by atomic mass is 9.98. The summed E-state index contributed by atoms with van der Waals surface area (Å²) >= 11 is 0. The Morgan fingerprint density at radius 3 is 2.88 bits per heavy atom. The molecular weight excluding hydrogens is 206 g/mol. The molecule has 1 fully saturated rings. The van der Waals surface area contributed by atoms with E-state index in [0.717, 1.165) is 5.92 Å². The summed E-state index contributed by atoms with van der Waals surface area (Å²) in [6, 6.07) is 0. The summed E-state index contributed by atoms with van der Waals surface area (Å²) in [5, 5.41) is 0. The zero-order valence-corrected chi connectivity index (χ0v) is 11.5. The zero-order valence-electron chi connectivity index (χ0n) is 11.5. The highest BCUT2D eigenvalue weighted by molar-refractivity contribution is 5.28. The van der Waals surface area contributed by atoms with Crippen LogP contribution in [0.25, 0.3) is 0 Å². The second-order valence-electron chi connectivity index (χ2n) is 5.46. The van der Waals surface area contributed by atoms with Crippen molar-refractivity contribution in [1.29, 1.82) is 0 Å². The first-order chi connectivity index (χ1) is 8.35. The van der Waals surface area contributed by atoms with Crippen LogP contribution >= 0.6 is 0 Å². The Kier molecular flexibility index (Phi) is 4.70. The summed E-state index contributed by atoms with van der Waals surface area (Å²) in [5.74, 6) is 0.977. The second kappa shape index (κ2) is 6.28. The molecule has 0 bridgehead atoms. The highest BCUT2D eigenvalue weighted by Gasteiger charge is 2.19. The van der Waals surface area contributed by atoms with E-state index in [1.165, 1.54) is 58.0 Å². The molecule has 0 radical (unpaired) electrons. The Morgan fingerprint density at radius 1 is 1.24 bits per heavy atom. The molecule has 0 aromatic heterocycles. The predicted molar refractivity (Wildman–Crippen MR) is 74.9 cm³/mol. The highest BCUT2D eigenvalue weighted by atomic mass is 15.1. The molecule has 0 spiro atoms. The molecule has 1 nitrogen and oxygen atoms in total. The summed E-state index contributed by atoms with van der Waals surface area (Å²) in [6.07, 6.45) is 14.0. The van der Waals surface area contributed by atoms with Gasteiger partial charge in [-0.05, 0) is 50.0 Å². The molecule has 2 rings (SSSR count). The molecule has 0 N–H and O–H groups in total. The smallest absolute Gasteiger partial charge is 0.0177 e. The third kappa shape index (κ3) is 3.14. The molecule has 2 aliphatic rings. The maximum atomic E-state index is 2.69. The van der Waals surface area contributed by atoms with Crippen LogP contribution in [0, 0.1) is 5.92 Å². The molecule has 0 aromatic rings. The summed E-state index contributed by atoms with van der Waals surface area (Å²) in [4.78, 5) is 2.69. The van der Waals surface area contributed by atoms with Crippen molar-refractivity contribution >= 4 is 0 Å². The van der Waals surface area contributed by atoms with Crippen LogP contribution in [-0.2, 0) is 0 Å². The summed E-state index contributed by atoms with van der Waals surface area (Å²) in [6.45, 7) is 7.23. The second-order valence-corrected chi connectivity index (χ2v) is 5.46.